The van der Waals surface area contributed by atoms with Crippen LogP contribution in [0.1, 0.15) is 47.5 Å². The predicted octanol–water partition coefficient (Wildman–Crippen LogP) is 5.73. The van der Waals surface area contributed by atoms with Crippen LogP contribution in [-0.2, 0) is 8.69 Å². The first kappa shape index (κ1) is 20.9. The third-order valence-electron chi connectivity index (χ3n) is 4.11. The second-order valence-electron chi connectivity index (χ2n) is 6.68. The van der Waals surface area contributed by atoms with Crippen LogP contribution in [0.5, 0.6) is 0 Å². The van der Waals surface area contributed by atoms with E-state index < -0.39 is 16.6 Å². The minimum Gasteiger partial charge on any atom is -0.451 e. The van der Waals surface area contributed by atoms with Crippen LogP contribution in [0.2, 0.25) is 32.5 Å². The van der Waals surface area contributed by atoms with Gasteiger partial charge in [-0.1, -0.05) is 43.3 Å². The molecule has 0 aliphatic heterocycles. The molecule has 0 atom stereocenters. The lowest BCUT2D eigenvalue weighted by Crippen LogP contribution is -2.47. The molecule has 0 rings (SSSR count). The highest BCUT2D eigenvalue weighted by Crippen LogP contribution is 2.23. The SMILES string of the molecule is CCC=C(C)[Si](C)(C)OB(CC)O[Si](C)(C)C(C)=CCC. The van der Waals surface area contributed by atoms with Gasteiger partial charge in [0.1, 0.15) is 0 Å². The first-order chi connectivity index (χ1) is 9.60. The Kier molecular flexibility index (Phi) is 9.09. The molecule has 0 spiro atoms. The third kappa shape index (κ3) is 7.13. The van der Waals surface area contributed by atoms with E-state index in [0.717, 1.165) is 19.2 Å². The summed E-state index contributed by atoms with van der Waals surface area (Å²) in [5.74, 6) is 0. The Hall–Kier alpha value is -0.101. The van der Waals surface area contributed by atoms with Crippen LogP contribution >= 0.6 is 0 Å². The van der Waals surface area contributed by atoms with Crippen molar-refractivity contribution < 1.29 is 8.69 Å². The van der Waals surface area contributed by atoms with Crippen LogP contribution in [0.25, 0.3) is 0 Å². The highest BCUT2D eigenvalue weighted by molar-refractivity contribution is 6.87. The first-order valence-corrected chi connectivity index (χ1v) is 14.1. The van der Waals surface area contributed by atoms with Crippen molar-refractivity contribution in [1.82, 2.24) is 0 Å². The predicted molar refractivity (Wildman–Crippen MR) is 101 cm³/mol. The fraction of sp³-hybridized carbons (Fsp3) is 0.750. The molecule has 0 saturated carbocycles. The van der Waals surface area contributed by atoms with Crippen molar-refractivity contribution in [2.24, 2.45) is 0 Å². The van der Waals surface area contributed by atoms with E-state index in [-0.39, 0.29) is 7.12 Å². The van der Waals surface area contributed by atoms with E-state index >= 15 is 0 Å². The maximum Gasteiger partial charge on any atom is 0.435 e. The molecule has 5 heteroatoms. The number of rotatable bonds is 9. The summed E-state index contributed by atoms with van der Waals surface area (Å²) in [7, 11) is -3.73. The summed E-state index contributed by atoms with van der Waals surface area (Å²) in [5.41, 5.74) is 0. The van der Waals surface area contributed by atoms with Crippen LogP contribution < -0.4 is 0 Å². The van der Waals surface area contributed by atoms with E-state index in [4.69, 9.17) is 8.69 Å². The average Bonchev–Trinajstić information content (AvgIpc) is 2.37. The molecule has 0 aliphatic rings. The molecule has 0 aromatic heterocycles. The summed E-state index contributed by atoms with van der Waals surface area (Å²) in [6.45, 7) is 20.0. The van der Waals surface area contributed by atoms with Crippen molar-refractivity contribution in [2.45, 2.75) is 80.0 Å². The van der Waals surface area contributed by atoms with Gasteiger partial charge in [0, 0.05) is 0 Å². The molecule has 0 saturated heterocycles. The molecular formula is C16H35BO2Si2. The van der Waals surface area contributed by atoms with E-state index in [1.165, 1.54) is 10.4 Å². The lowest BCUT2D eigenvalue weighted by molar-refractivity contribution is 0.420. The van der Waals surface area contributed by atoms with Gasteiger partial charge >= 0.3 is 7.12 Å². The van der Waals surface area contributed by atoms with E-state index in [2.05, 4.69) is 73.0 Å². The second kappa shape index (κ2) is 9.13. The van der Waals surface area contributed by atoms with Crippen molar-refractivity contribution in [2.75, 3.05) is 0 Å². The lowest BCUT2D eigenvalue weighted by Gasteiger charge is -2.33. The molecule has 21 heavy (non-hydrogen) atoms. The van der Waals surface area contributed by atoms with Crippen LogP contribution in [-0.4, -0.2) is 23.8 Å². The van der Waals surface area contributed by atoms with Crippen molar-refractivity contribution in [1.29, 1.82) is 0 Å². The molecule has 0 radical (unpaired) electrons. The quantitative estimate of drug-likeness (QED) is 0.504. The van der Waals surface area contributed by atoms with Gasteiger partial charge in [-0.05, 0) is 59.2 Å². The fourth-order valence-electron chi connectivity index (χ4n) is 2.14. The Morgan fingerprint density at radius 3 is 1.38 bits per heavy atom. The van der Waals surface area contributed by atoms with Gasteiger partial charge < -0.3 is 8.69 Å². The third-order valence-corrected chi connectivity index (χ3v) is 10.0. The molecule has 0 unspecified atom stereocenters. The molecule has 0 bridgehead atoms. The van der Waals surface area contributed by atoms with Gasteiger partial charge in [0.2, 0.25) is 0 Å². The van der Waals surface area contributed by atoms with Crippen LogP contribution in [0.3, 0.4) is 0 Å². The second-order valence-corrected chi connectivity index (χ2v) is 14.8. The highest BCUT2D eigenvalue weighted by Gasteiger charge is 2.36. The molecule has 0 fully saturated rings. The van der Waals surface area contributed by atoms with Crippen LogP contribution in [0.15, 0.2) is 22.5 Å². The molecule has 2 nitrogen and oxygen atoms in total. The molecule has 0 aromatic rings. The standard InChI is InChI=1S/C16H35BO2Si2/c1-10-13-15(4)20(6,7)18-17(12-3)19-21(8,9)16(5)14-11-2/h13-14H,10-12H2,1-9H3. The van der Waals surface area contributed by atoms with Crippen LogP contribution in [0.4, 0.5) is 0 Å². The maximum atomic E-state index is 6.42. The van der Waals surface area contributed by atoms with Gasteiger partial charge in [0.05, 0.1) is 0 Å². The van der Waals surface area contributed by atoms with E-state index in [1.807, 2.05) is 0 Å². The van der Waals surface area contributed by atoms with E-state index in [0.29, 0.717) is 0 Å². The van der Waals surface area contributed by atoms with Crippen molar-refractivity contribution in [3.05, 3.63) is 22.5 Å². The summed E-state index contributed by atoms with van der Waals surface area (Å²) in [5, 5.41) is 2.82. The monoisotopic (exact) mass is 326 g/mol. The molecule has 0 amide bonds. The summed E-state index contributed by atoms with van der Waals surface area (Å²) in [6.07, 6.45) is 7.64. The molecule has 0 N–H and O–H groups in total. The summed E-state index contributed by atoms with van der Waals surface area (Å²) >= 11 is 0. The number of hydrogen-bond donors (Lipinski definition) is 0. The zero-order valence-electron chi connectivity index (χ0n) is 15.7. The normalized spacial score (nSPS) is 14.5. The fourth-order valence-corrected chi connectivity index (χ4v) is 5.74. The minimum absolute atomic E-state index is 0.0752. The summed E-state index contributed by atoms with van der Waals surface area (Å²) in [6, 6.07) is 0. The number of hydrogen-bond acceptors (Lipinski definition) is 2. The average molecular weight is 326 g/mol. The number of allylic oxidation sites excluding steroid dienone is 4. The molecule has 0 heterocycles. The Morgan fingerprint density at radius 2 is 1.14 bits per heavy atom. The van der Waals surface area contributed by atoms with Gasteiger partial charge in [0.25, 0.3) is 0 Å². The summed E-state index contributed by atoms with van der Waals surface area (Å²) in [4.78, 5) is 0. The molecule has 122 valence electrons. The van der Waals surface area contributed by atoms with E-state index in [1.54, 1.807) is 0 Å². The molecule has 0 aromatic carbocycles. The Labute approximate surface area is 135 Å². The van der Waals surface area contributed by atoms with Gasteiger partial charge in [-0.3, -0.25) is 0 Å². The smallest absolute Gasteiger partial charge is 0.435 e. The topological polar surface area (TPSA) is 18.5 Å². The largest absolute Gasteiger partial charge is 0.451 e. The van der Waals surface area contributed by atoms with Crippen molar-refractivity contribution >= 4 is 23.8 Å². The van der Waals surface area contributed by atoms with Gasteiger partial charge in [-0.15, -0.1) is 0 Å². The van der Waals surface area contributed by atoms with Crippen LogP contribution in [0, 0.1) is 0 Å². The maximum absolute atomic E-state index is 6.42. The van der Waals surface area contributed by atoms with E-state index in [9.17, 15) is 0 Å². The zero-order chi connectivity index (χ0) is 16.7. The summed E-state index contributed by atoms with van der Waals surface area (Å²) < 4.78 is 12.8. The van der Waals surface area contributed by atoms with Gasteiger partial charge in [0.15, 0.2) is 16.6 Å². The lowest BCUT2D eigenvalue weighted by atomic mass is 9.88. The Balaban J connectivity index is 4.96. The van der Waals surface area contributed by atoms with Gasteiger partial charge in [-0.2, -0.15) is 0 Å². The minimum atomic E-state index is -1.83. The zero-order valence-corrected chi connectivity index (χ0v) is 17.7. The Morgan fingerprint density at radius 1 is 0.810 bits per heavy atom. The molecular weight excluding hydrogens is 291 g/mol. The molecule has 0 aliphatic carbocycles. The van der Waals surface area contributed by atoms with Crippen molar-refractivity contribution in [3.8, 4) is 0 Å². The highest BCUT2D eigenvalue weighted by atomic mass is 28.4. The van der Waals surface area contributed by atoms with Crippen molar-refractivity contribution in [3.63, 3.8) is 0 Å². The Bertz CT molecular complexity index is 342. The first-order valence-electron chi connectivity index (χ1n) is 8.30. The van der Waals surface area contributed by atoms with Gasteiger partial charge in [-0.25, -0.2) is 0 Å².